The van der Waals surface area contributed by atoms with E-state index in [-0.39, 0.29) is 0 Å². The highest BCUT2D eigenvalue weighted by molar-refractivity contribution is 4.86. The van der Waals surface area contributed by atoms with E-state index in [1.807, 2.05) is 0 Å². The molecule has 16 heavy (non-hydrogen) atoms. The van der Waals surface area contributed by atoms with Gasteiger partial charge in [-0.2, -0.15) is 0 Å². The Morgan fingerprint density at radius 1 is 1.25 bits per heavy atom. The lowest BCUT2D eigenvalue weighted by molar-refractivity contribution is 0.179. The molecular weight excluding hydrogens is 196 g/mol. The van der Waals surface area contributed by atoms with Crippen LogP contribution in [0.3, 0.4) is 0 Å². The molecule has 1 unspecified atom stereocenters. The maximum absolute atomic E-state index is 3.75. The third-order valence-corrected chi connectivity index (χ3v) is 4.23. The average Bonchev–Trinajstić information content (AvgIpc) is 2.35. The summed E-state index contributed by atoms with van der Waals surface area (Å²) in [7, 11) is 0. The largest absolute Gasteiger partial charge is 0.317 e. The van der Waals surface area contributed by atoms with Gasteiger partial charge >= 0.3 is 0 Å². The second kappa shape index (κ2) is 7.29. The van der Waals surface area contributed by atoms with E-state index in [1.165, 1.54) is 58.2 Å². The first kappa shape index (κ1) is 14.0. The quantitative estimate of drug-likeness (QED) is 0.697. The van der Waals surface area contributed by atoms with Gasteiger partial charge in [0.25, 0.3) is 0 Å². The van der Waals surface area contributed by atoms with Crippen LogP contribution < -0.4 is 10.6 Å². The van der Waals surface area contributed by atoms with Gasteiger partial charge in [0.05, 0.1) is 0 Å². The van der Waals surface area contributed by atoms with Crippen LogP contribution in [-0.4, -0.2) is 25.7 Å². The summed E-state index contributed by atoms with van der Waals surface area (Å²) < 4.78 is 0. The third kappa shape index (κ3) is 4.42. The zero-order valence-electron chi connectivity index (χ0n) is 11.4. The Kier molecular flexibility index (Phi) is 6.37. The minimum atomic E-state index is 0.575. The number of unbranched alkanes of at least 4 members (excludes halogenated alkanes) is 1. The van der Waals surface area contributed by atoms with Crippen LogP contribution in [0, 0.1) is 5.41 Å². The number of piperidine rings is 1. The Hall–Kier alpha value is -0.0800. The van der Waals surface area contributed by atoms with Gasteiger partial charge in [-0.1, -0.05) is 26.7 Å². The zero-order valence-corrected chi connectivity index (χ0v) is 11.4. The molecule has 0 aliphatic carbocycles. The van der Waals surface area contributed by atoms with E-state index in [9.17, 15) is 0 Å². The standard InChI is InChI=1S/C14H30N2/c1-4-6-7-13(3)16-12-14(5-2)8-10-15-11-9-14/h13,15-16H,4-12H2,1-3H3. The van der Waals surface area contributed by atoms with E-state index in [0.29, 0.717) is 11.5 Å². The highest BCUT2D eigenvalue weighted by Gasteiger charge is 2.29. The van der Waals surface area contributed by atoms with Crippen molar-refractivity contribution in [1.82, 2.24) is 10.6 Å². The highest BCUT2D eigenvalue weighted by atomic mass is 14.9. The number of rotatable bonds is 7. The maximum atomic E-state index is 3.75. The molecule has 2 N–H and O–H groups in total. The molecule has 0 aromatic rings. The molecule has 0 bridgehead atoms. The topological polar surface area (TPSA) is 24.1 Å². The molecule has 0 aromatic carbocycles. The Balaban J connectivity index is 2.27. The van der Waals surface area contributed by atoms with Crippen LogP contribution in [0.2, 0.25) is 0 Å². The van der Waals surface area contributed by atoms with Crippen molar-refractivity contribution in [3.63, 3.8) is 0 Å². The molecule has 1 heterocycles. The van der Waals surface area contributed by atoms with Gasteiger partial charge in [-0.15, -0.1) is 0 Å². The van der Waals surface area contributed by atoms with Crippen LogP contribution in [0.25, 0.3) is 0 Å². The van der Waals surface area contributed by atoms with E-state index >= 15 is 0 Å². The molecule has 1 saturated heterocycles. The normalized spacial score (nSPS) is 21.9. The van der Waals surface area contributed by atoms with Gasteiger partial charge in [-0.3, -0.25) is 0 Å². The third-order valence-electron chi connectivity index (χ3n) is 4.23. The monoisotopic (exact) mass is 226 g/mol. The van der Waals surface area contributed by atoms with Crippen LogP contribution >= 0.6 is 0 Å². The van der Waals surface area contributed by atoms with Gasteiger partial charge in [0.15, 0.2) is 0 Å². The van der Waals surface area contributed by atoms with Crippen LogP contribution in [0.5, 0.6) is 0 Å². The van der Waals surface area contributed by atoms with E-state index in [0.717, 1.165) is 0 Å². The molecular formula is C14H30N2. The van der Waals surface area contributed by atoms with Crippen molar-refractivity contribution in [2.24, 2.45) is 5.41 Å². The van der Waals surface area contributed by atoms with Gasteiger partial charge < -0.3 is 10.6 Å². The Morgan fingerprint density at radius 3 is 2.50 bits per heavy atom. The predicted octanol–water partition coefficient (Wildman–Crippen LogP) is 2.93. The molecule has 0 amide bonds. The van der Waals surface area contributed by atoms with Crippen molar-refractivity contribution in [2.45, 2.75) is 65.3 Å². The fourth-order valence-corrected chi connectivity index (χ4v) is 2.62. The molecule has 1 aliphatic heterocycles. The summed E-state index contributed by atoms with van der Waals surface area (Å²) >= 11 is 0. The summed E-state index contributed by atoms with van der Waals surface area (Å²) in [4.78, 5) is 0. The highest BCUT2D eigenvalue weighted by Crippen LogP contribution is 2.31. The van der Waals surface area contributed by atoms with Crippen molar-refractivity contribution in [3.8, 4) is 0 Å². The molecule has 0 saturated carbocycles. The first-order valence-corrected chi connectivity index (χ1v) is 7.16. The molecule has 0 spiro atoms. The van der Waals surface area contributed by atoms with Crippen LogP contribution in [0.15, 0.2) is 0 Å². The fourth-order valence-electron chi connectivity index (χ4n) is 2.62. The van der Waals surface area contributed by atoms with Gasteiger partial charge in [0.1, 0.15) is 0 Å². The van der Waals surface area contributed by atoms with E-state index < -0.39 is 0 Å². The minimum Gasteiger partial charge on any atom is -0.317 e. The first-order chi connectivity index (χ1) is 7.72. The molecule has 96 valence electrons. The van der Waals surface area contributed by atoms with E-state index in [2.05, 4.69) is 31.4 Å². The minimum absolute atomic E-state index is 0.575. The lowest BCUT2D eigenvalue weighted by atomic mass is 9.76. The Bertz CT molecular complexity index is 174. The Labute approximate surface area is 102 Å². The Morgan fingerprint density at radius 2 is 1.94 bits per heavy atom. The van der Waals surface area contributed by atoms with Crippen LogP contribution in [0.4, 0.5) is 0 Å². The smallest absolute Gasteiger partial charge is 0.00389 e. The molecule has 1 rings (SSSR count). The summed E-state index contributed by atoms with van der Waals surface area (Å²) in [6, 6.07) is 0.693. The fraction of sp³-hybridized carbons (Fsp3) is 1.00. The van der Waals surface area contributed by atoms with E-state index in [1.54, 1.807) is 0 Å². The SMILES string of the molecule is CCCCC(C)NCC1(CC)CCNCC1. The number of hydrogen-bond donors (Lipinski definition) is 2. The summed E-state index contributed by atoms with van der Waals surface area (Å²) in [5.74, 6) is 0. The molecule has 1 aliphatic rings. The van der Waals surface area contributed by atoms with Gasteiger partial charge in [0.2, 0.25) is 0 Å². The molecule has 0 aromatic heterocycles. The van der Waals surface area contributed by atoms with Crippen molar-refractivity contribution in [1.29, 1.82) is 0 Å². The number of hydrogen-bond acceptors (Lipinski definition) is 2. The molecule has 1 atom stereocenters. The summed E-state index contributed by atoms with van der Waals surface area (Å²) in [5.41, 5.74) is 0.575. The maximum Gasteiger partial charge on any atom is 0.00389 e. The summed E-state index contributed by atoms with van der Waals surface area (Å²) in [6.45, 7) is 10.6. The van der Waals surface area contributed by atoms with Crippen molar-refractivity contribution < 1.29 is 0 Å². The van der Waals surface area contributed by atoms with Gasteiger partial charge in [-0.05, 0) is 51.1 Å². The lowest BCUT2D eigenvalue weighted by Gasteiger charge is -2.38. The van der Waals surface area contributed by atoms with Gasteiger partial charge in [-0.25, -0.2) is 0 Å². The van der Waals surface area contributed by atoms with Crippen molar-refractivity contribution in [3.05, 3.63) is 0 Å². The predicted molar refractivity (Wildman–Crippen MR) is 71.8 cm³/mol. The lowest BCUT2D eigenvalue weighted by Crippen LogP contribution is -2.44. The van der Waals surface area contributed by atoms with Crippen molar-refractivity contribution in [2.75, 3.05) is 19.6 Å². The molecule has 0 radical (unpaired) electrons. The summed E-state index contributed by atoms with van der Waals surface area (Å²) in [6.07, 6.45) is 8.01. The molecule has 1 fully saturated rings. The molecule has 2 nitrogen and oxygen atoms in total. The van der Waals surface area contributed by atoms with Gasteiger partial charge in [0, 0.05) is 12.6 Å². The first-order valence-electron chi connectivity index (χ1n) is 7.16. The molecule has 2 heteroatoms. The average molecular weight is 226 g/mol. The van der Waals surface area contributed by atoms with Crippen LogP contribution in [-0.2, 0) is 0 Å². The summed E-state index contributed by atoms with van der Waals surface area (Å²) in [5, 5.41) is 7.22. The second-order valence-corrected chi connectivity index (χ2v) is 5.53. The second-order valence-electron chi connectivity index (χ2n) is 5.53. The number of nitrogens with one attached hydrogen (secondary N) is 2. The van der Waals surface area contributed by atoms with E-state index in [4.69, 9.17) is 0 Å². The van der Waals surface area contributed by atoms with Crippen LogP contribution in [0.1, 0.15) is 59.3 Å². The zero-order chi connectivity index (χ0) is 11.9. The van der Waals surface area contributed by atoms with Crippen molar-refractivity contribution >= 4 is 0 Å².